The number of hydrogen-bond donors (Lipinski definition) is 1. The Morgan fingerprint density at radius 3 is 2.89 bits per heavy atom. The van der Waals surface area contributed by atoms with Gasteiger partial charge in [-0.05, 0) is 35.0 Å². The second-order valence-corrected chi connectivity index (χ2v) is 5.57. The van der Waals surface area contributed by atoms with Crippen molar-refractivity contribution in [1.82, 2.24) is 15.2 Å². The number of halogens is 2. The largest absolute Gasteiger partial charge is 0.293 e. The molecule has 2 aromatic rings. The maximum atomic E-state index is 12.7. The molecule has 0 fully saturated rings. The Labute approximate surface area is 121 Å². The molecule has 1 amide bonds. The van der Waals surface area contributed by atoms with Crippen molar-refractivity contribution in [1.29, 1.82) is 0 Å². The van der Waals surface area contributed by atoms with Gasteiger partial charge in [-0.2, -0.15) is 14.6 Å². The summed E-state index contributed by atoms with van der Waals surface area (Å²) in [5, 5.41) is 7.53. The fraction of sp³-hybridized carbons (Fsp3) is 0.182. The number of hydrazone groups is 1. The second kappa shape index (κ2) is 5.62. The summed E-state index contributed by atoms with van der Waals surface area (Å²) in [5.41, 5.74) is 3.45. The van der Waals surface area contributed by atoms with Gasteiger partial charge in [0.2, 0.25) is 0 Å². The van der Waals surface area contributed by atoms with Crippen molar-refractivity contribution in [3.8, 4) is 0 Å². The zero-order chi connectivity index (χ0) is 14.0. The summed E-state index contributed by atoms with van der Waals surface area (Å²) in [7, 11) is 1.74. The standard InChI is InChI=1S/C11H10BrFN4OS/c1-6-9(12)10(16-17(6)2)11(18)15-14-5-7-3-4-8(13)19-7/h3-5H,1-2H3,(H,15,18)/b14-5-. The van der Waals surface area contributed by atoms with Crippen LogP contribution < -0.4 is 5.43 Å². The number of amides is 1. The van der Waals surface area contributed by atoms with Crippen molar-refractivity contribution >= 4 is 39.4 Å². The summed E-state index contributed by atoms with van der Waals surface area (Å²) in [6, 6.07) is 2.92. The molecule has 0 aliphatic carbocycles. The molecule has 1 N–H and O–H groups in total. The van der Waals surface area contributed by atoms with Gasteiger partial charge < -0.3 is 0 Å². The monoisotopic (exact) mass is 344 g/mol. The van der Waals surface area contributed by atoms with Gasteiger partial charge in [-0.1, -0.05) is 0 Å². The summed E-state index contributed by atoms with van der Waals surface area (Å²) in [6.07, 6.45) is 1.38. The molecular weight excluding hydrogens is 335 g/mol. The van der Waals surface area contributed by atoms with E-state index in [0.717, 1.165) is 17.0 Å². The molecule has 0 atom stereocenters. The normalized spacial score (nSPS) is 11.2. The van der Waals surface area contributed by atoms with E-state index in [1.807, 2.05) is 6.92 Å². The number of rotatable bonds is 3. The molecule has 2 aromatic heterocycles. The summed E-state index contributed by atoms with van der Waals surface area (Å²) in [6.45, 7) is 1.84. The highest BCUT2D eigenvalue weighted by Gasteiger charge is 2.16. The number of thiophene rings is 1. The molecule has 0 bridgehead atoms. The first kappa shape index (κ1) is 13.9. The van der Waals surface area contributed by atoms with Gasteiger partial charge >= 0.3 is 0 Å². The maximum Gasteiger partial charge on any atom is 0.293 e. The number of nitrogens with zero attached hydrogens (tertiary/aromatic N) is 3. The second-order valence-electron chi connectivity index (χ2n) is 3.71. The molecule has 0 saturated heterocycles. The molecular formula is C11H10BrFN4OS. The smallest absolute Gasteiger partial charge is 0.271 e. The molecule has 5 nitrogen and oxygen atoms in total. The van der Waals surface area contributed by atoms with Crippen LogP contribution >= 0.6 is 27.3 Å². The summed E-state index contributed by atoms with van der Waals surface area (Å²) in [4.78, 5) is 12.4. The molecule has 8 heteroatoms. The molecule has 0 radical (unpaired) electrons. The average molecular weight is 345 g/mol. The highest BCUT2D eigenvalue weighted by Crippen LogP contribution is 2.19. The Morgan fingerprint density at radius 1 is 1.63 bits per heavy atom. The SMILES string of the molecule is Cc1c(Br)c(C(=O)N/N=C\c2ccc(F)s2)nn1C. The number of nitrogens with one attached hydrogen (secondary N) is 1. The Hall–Kier alpha value is -1.54. The minimum absolute atomic E-state index is 0.259. The molecule has 2 heterocycles. The fourth-order valence-corrected chi connectivity index (χ4v) is 2.45. The van der Waals surface area contributed by atoms with Crippen molar-refractivity contribution in [3.63, 3.8) is 0 Å². The van der Waals surface area contributed by atoms with Crippen LogP contribution in [0.3, 0.4) is 0 Å². The Balaban J connectivity index is 2.05. The van der Waals surface area contributed by atoms with Crippen molar-refractivity contribution in [2.24, 2.45) is 12.1 Å². The van der Waals surface area contributed by atoms with Crippen molar-refractivity contribution in [2.75, 3.05) is 0 Å². The van der Waals surface area contributed by atoms with Crippen LogP contribution in [0.5, 0.6) is 0 Å². The predicted molar refractivity (Wildman–Crippen MR) is 75.0 cm³/mol. The lowest BCUT2D eigenvalue weighted by molar-refractivity contribution is 0.0948. The minimum Gasteiger partial charge on any atom is -0.271 e. The predicted octanol–water partition coefficient (Wildman–Crippen LogP) is 2.46. The fourth-order valence-electron chi connectivity index (χ4n) is 1.33. The van der Waals surface area contributed by atoms with E-state index in [-0.39, 0.29) is 10.8 Å². The number of carbonyl (C=O) groups is 1. The lowest BCUT2D eigenvalue weighted by Crippen LogP contribution is -2.18. The van der Waals surface area contributed by atoms with E-state index in [1.165, 1.54) is 12.3 Å². The summed E-state index contributed by atoms with van der Waals surface area (Å²) in [5.74, 6) is -0.427. The van der Waals surface area contributed by atoms with Gasteiger partial charge in [-0.25, -0.2) is 5.43 Å². The average Bonchev–Trinajstić information content (AvgIpc) is 2.89. The number of aryl methyl sites for hydroxylation is 1. The molecule has 0 aliphatic heterocycles. The highest BCUT2D eigenvalue weighted by molar-refractivity contribution is 9.10. The Kier molecular flexibility index (Phi) is 4.11. The van der Waals surface area contributed by atoms with Crippen molar-refractivity contribution in [3.05, 3.63) is 38.0 Å². The van der Waals surface area contributed by atoms with Crippen LogP contribution in [0.15, 0.2) is 21.7 Å². The van der Waals surface area contributed by atoms with Crippen LogP contribution in [0.1, 0.15) is 21.1 Å². The quantitative estimate of drug-likeness (QED) is 0.686. The van der Waals surface area contributed by atoms with Crippen LogP contribution in [0, 0.1) is 12.1 Å². The summed E-state index contributed by atoms with van der Waals surface area (Å²) < 4.78 is 15.0. The third-order valence-corrected chi connectivity index (χ3v) is 4.19. The maximum absolute atomic E-state index is 12.7. The lowest BCUT2D eigenvalue weighted by Gasteiger charge is -1.95. The Bertz CT molecular complexity index is 649. The van der Waals surface area contributed by atoms with Crippen molar-refractivity contribution in [2.45, 2.75) is 6.92 Å². The van der Waals surface area contributed by atoms with E-state index < -0.39 is 5.91 Å². The van der Waals surface area contributed by atoms with Crippen LogP contribution in [-0.4, -0.2) is 21.9 Å². The van der Waals surface area contributed by atoms with Gasteiger partial charge in [0.05, 0.1) is 21.3 Å². The first-order chi connectivity index (χ1) is 8.99. The summed E-state index contributed by atoms with van der Waals surface area (Å²) >= 11 is 4.25. The first-order valence-electron chi connectivity index (χ1n) is 5.27. The van der Waals surface area contributed by atoms with Gasteiger partial charge in [-0.3, -0.25) is 9.48 Å². The van der Waals surface area contributed by atoms with E-state index in [2.05, 4.69) is 31.6 Å². The van der Waals surface area contributed by atoms with E-state index in [4.69, 9.17) is 0 Å². The van der Waals surface area contributed by atoms with Gasteiger partial charge in [0.15, 0.2) is 10.8 Å². The van der Waals surface area contributed by atoms with Gasteiger partial charge in [0.25, 0.3) is 5.91 Å². The van der Waals surface area contributed by atoms with Crippen LogP contribution in [-0.2, 0) is 7.05 Å². The number of hydrogen-bond acceptors (Lipinski definition) is 4. The van der Waals surface area contributed by atoms with Crippen LogP contribution in [0.25, 0.3) is 0 Å². The molecule has 0 unspecified atom stereocenters. The van der Waals surface area contributed by atoms with Crippen LogP contribution in [0.2, 0.25) is 0 Å². The van der Waals surface area contributed by atoms with Gasteiger partial charge in [-0.15, -0.1) is 11.3 Å². The van der Waals surface area contributed by atoms with E-state index in [1.54, 1.807) is 17.8 Å². The zero-order valence-electron chi connectivity index (χ0n) is 10.1. The lowest BCUT2D eigenvalue weighted by atomic mass is 10.3. The molecule has 19 heavy (non-hydrogen) atoms. The topological polar surface area (TPSA) is 59.3 Å². The van der Waals surface area contributed by atoms with Crippen LogP contribution in [0.4, 0.5) is 4.39 Å². The molecule has 100 valence electrons. The van der Waals surface area contributed by atoms with Gasteiger partial charge in [0, 0.05) is 7.05 Å². The Morgan fingerprint density at radius 2 is 2.37 bits per heavy atom. The zero-order valence-corrected chi connectivity index (χ0v) is 12.5. The molecule has 0 spiro atoms. The van der Waals surface area contributed by atoms with E-state index in [9.17, 15) is 9.18 Å². The molecule has 0 aliphatic rings. The first-order valence-corrected chi connectivity index (χ1v) is 6.88. The number of carbonyl (C=O) groups excluding carboxylic acids is 1. The third-order valence-electron chi connectivity index (χ3n) is 2.43. The van der Waals surface area contributed by atoms with Crippen molar-refractivity contribution < 1.29 is 9.18 Å². The number of aromatic nitrogens is 2. The van der Waals surface area contributed by atoms with Gasteiger partial charge in [0.1, 0.15) is 0 Å². The highest BCUT2D eigenvalue weighted by atomic mass is 79.9. The molecule has 0 aromatic carbocycles. The minimum atomic E-state index is -0.427. The third kappa shape index (κ3) is 3.07. The molecule has 2 rings (SSSR count). The van der Waals surface area contributed by atoms with E-state index >= 15 is 0 Å². The van der Waals surface area contributed by atoms with E-state index in [0.29, 0.717) is 9.35 Å². The molecule has 0 saturated carbocycles.